The molecule has 2 aromatic heterocycles. The summed E-state index contributed by atoms with van der Waals surface area (Å²) in [5.41, 5.74) is 0. The highest BCUT2D eigenvalue weighted by molar-refractivity contribution is 7.09. The quantitative estimate of drug-likeness (QED) is 0.829. The average molecular weight is 350 g/mol. The lowest BCUT2D eigenvalue weighted by Crippen LogP contribution is -2.38. The van der Waals surface area contributed by atoms with E-state index in [0.29, 0.717) is 18.9 Å². The molecule has 2 aromatic rings. The van der Waals surface area contributed by atoms with Crippen LogP contribution < -0.4 is 0 Å². The Balaban J connectivity index is 1.33. The first-order valence-corrected chi connectivity index (χ1v) is 9.41. The summed E-state index contributed by atoms with van der Waals surface area (Å²) in [6.07, 6.45) is 4.08. The molecule has 1 aliphatic heterocycles. The average Bonchev–Trinajstić information content (AvgIpc) is 2.93. The van der Waals surface area contributed by atoms with Crippen molar-refractivity contribution in [1.82, 2.24) is 30.0 Å². The number of aromatic nitrogens is 4. The number of hydrogen-bond donors (Lipinski definition) is 1. The Hall–Kier alpha value is -1.38. The molecule has 8 heteroatoms. The Labute approximate surface area is 145 Å². The van der Waals surface area contributed by atoms with E-state index in [1.165, 1.54) is 12.8 Å². The lowest BCUT2D eigenvalue weighted by molar-refractivity contribution is 0.178. The highest BCUT2D eigenvalue weighted by Gasteiger charge is 2.33. The van der Waals surface area contributed by atoms with Crippen molar-refractivity contribution in [3.8, 4) is 0 Å². The van der Waals surface area contributed by atoms with E-state index in [4.69, 9.17) is 0 Å². The highest BCUT2D eigenvalue weighted by Crippen LogP contribution is 2.37. The van der Waals surface area contributed by atoms with Gasteiger partial charge in [0.2, 0.25) is 0 Å². The fourth-order valence-corrected chi connectivity index (χ4v) is 4.04. The molecule has 2 atom stereocenters. The number of alkyl halides is 1. The summed E-state index contributed by atoms with van der Waals surface area (Å²) >= 11 is 1.63. The second-order valence-corrected chi connectivity index (χ2v) is 7.93. The molecule has 0 aromatic carbocycles. The van der Waals surface area contributed by atoms with Crippen molar-refractivity contribution >= 4 is 11.3 Å². The molecule has 0 unspecified atom stereocenters. The summed E-state index contributed by atoms with van der Waals surface area (Å²) in [6, 6.07) is 0.222. The third kappa shape index (κ3) is 3.81. The third-order valence-corrected chi connectivity index (χ3v) is 5.50. The van der Waals surface area contributed by atoms with Crippen LogP contribution in [0.15, 0.2) is 11.6 Å². The van der Waals surface area contributed by atoms with Crippen LogP contribution in [-0.4, -0.2) is 62.3 Å². The maximum atomic E-state index is 13.9. The number of hydrogen-bond acceptors (Lipinski definition) is 6. The lowest BCUT2D eigenvalue weighted by Gasteiger charge is -2.27. The number of thiazole rings is 1. The zero-order chi connectivity index (χ0) is 16.5. The first kappa shape index (κ1) is 16.1. The van der Waals surface area contributed by atoms with Gasteiger partial charge in [-0.1, -0.05) is 0 Å². The summed E-state index contributed by atoms with van der Waals surface area (Å²) < 4.78 is 13.9. The van der Waals surface area contributed by atoms with Gasteiger partial charge in [0.15, 0.2) is 5.82 Å². The van der Waals surface area contributed by atoms with E-state index in [0.717, 1.165) is 36.3 Å². The van der Waals surface area contributed by atoms with Gasteiger partial charge in [0.1, 0.15) is 17.0 Å². The molecule has 6 nitrogen and oxygen atoms in total. The molecule has 1 saturated heterocycles. The molecule has 130 valence electrons. The second kappa shape index (κ2) is 6.85. The second-order valence-electron chi connectivity index (χ2n) is 6.95. The van der Waals surface area contributed by atoms with Gasteiger partial charge in [0.05, 0.1) is 13.1 Å². The SMILES string of the molecule is CN(Cc1nc(C2CC2)n[nH]1)C[C@@H]1C[C@H](F)CN1Cc1nccs1. The lowest BCUT2D eigenvalue weighted by atomic mass is 10.2. The van der Waals surface area contributed by atoms with Gasteiger partial charge in [-0.25, -0.2) is 14.4 Å². The zero-order valence-corrected chi connectivity index (χ0v) is 14.7. The summed E-state index contributed by atoms with van der Waals surface area (Å²) in [5.74, 6) is 2.42. The number of H-pyrrole nitrogens is 1. The molecule has 1 N–H and O–H groups in total. The van der Waals surface area contributed by atoms with Crippen molar-refractivity contribution in [3.63, 3.8) is 0 Å². The number of nitrogens with zero attached hydrogens (tertiary/aromatic N) is 5. The van der Waals surface area contributed by atoms with Crippen LogP contribution in [0.5, 0.6) is 0 Å². The van der Waals surface area contributed by atoms with E-state index in [2.05, 4.69) is 37.0 Å². The molecule has 1 aliphatic carbocycles. The number of likely N-dealkylation sites (tertiary alicyclic amines) is 1. The largest absolute Gasteiger partial charge is 0.297 e. The molecule has 1 saturated carbocycles. The molecule has 0 radical (unpaired) electrons. The molecule has 2 aliphatic rings. The van der Waals surface area contributed by atoms with Gasteiger partial charge < -0.3 is 0 Å². The number of nitrogens with one attached hydrogen (secondary N) is 1. The Morgan fingerprint density at radius 1 is 1.46 bits per heavy atom. The number of likely N-dealkylation sites (N-methyl/N-ethyl adjacent to an activating group) is 1. The van der Waals surface area contributed by atoms with Crippen LogP contribution in [-0.2, 0) is 13.1 Å². The van der Waals surface area contributed by atoms with Gasteiger partial charge in [-0.2, -0.15) is 5.10 Å². The van der Waals surface area contributed by atoms with Crippen molar-refractivity contribution in [2.75, 3.05) is 20.1 Å². The van der Waals surface area contributed by atoms with Crippen molar-refractivity contribution in [2.24, 2.45) is 0 Å². The normalized spacial score (nSPS) is 25.0. The minimum absolute atomic E-state index is 0.222. The zero-order valence-electron chi connectivity index (χ0n) is 13.9. The van der Waals surface area contributed by atoms with Crippen LogP contribution >= 0.6 is 11.3 Å². The molecule has 3 heterocycles. The van der Waals surface area contributed by atoms with E-state index >= 15 is 0 Å². The third-order valence-electron chi connectivity index (χ3n) is 4.73. The van der Waals surface area contributed by atoms with Gasteiger partial charge in [0.25, 0.3) is 0 Å². The Morgan fingerprint density at radius 3 is 3.08 bits per heavy atom. The fraction of sp³-hybridized carbons (Fsp3) is 0.688. The monoisotopic (exact) mass is 350 g/mol. The first-order valence-electron chi connectivity index (χ1n) is 8.53. The molecule has 24 heavy (non-hydrogen) atoms. The predicted octanol–water partition coefficient (Wildman–Crippen LogP) is 2.18. The minimum atomic E-state index is -0.741. The van der Waals surface area contributed by atoms with Crippen LogP contribution in [0.4, 0.5) is 4.39 Å². The fourth-order valence-electron chi connectivity index (χ4n) is 3.40. The van der Waals surface area contributed by atoms with Gasteiger partial charge in [-0.15, -0.1) is 11.3 Å². The Kier molecular flexibility index (Phi) is 4.60. The molecular formula is C16H23FN6S. The van der Waals surface area contributed by atoms with Crippen molar-refractivity contribution < 1.29 is 4.39 Å². The molecule has 4 rings (SSSR count). The standard InChI is InChI=1S/C16H23FN6S/c1-22(9-14-19-16(21-20-14)11-2-3-11)8-13-6-12(17)7-23(13)10-15-18-4-5-24-15/h4-5,11-13H,2-3,6-10H2,1H3,(H,19,20,21)/t12-,13-/m0/s1. The Bertz CT molecular complexity index is 655. The Morgan fingerprint density at radius 2 is 2.33 bits per heavy atom. The van der Waals surface area contributed by atoms with Crippen LogP contribution in [0.3, 0.4) is 0 Å². The van der Waals surface area contributed by atoms with Crippen LogP contribution in [0.2, 0.25) is 0 Å². The molecular weight excluding hydrogens is 327 g/mol. The van der Waals surface area contributed by atoms with Crippen LogP contribution in [0.1, 0.15) is 41.8 Å². The maximum absolute atomic E-state index is 13.9. The van der Waals surface area contributed by atoms with E-state index in [1.54, 1.807) is 11.3 Å². The van der Waals surface area contributed by atoms with Gasteiger partial charge in [0, 0.05) is 36.6 Å². The summed E-state index contributed by atoms with van der Waals surface area (Å²) in [6.45, 7) is 2.79. The number of aromatic amines is 1. The van der Waals surface area contributed by atoms with E-state index in [1.807, 2.05) is 11.6 Å². The minimum Gasteiger partial charge on any atom is -0.297 e. The number of halogens is 1. The molecule has 0 bridgehead atoms. The van der Waals surface area contributed by atoms with Crippen molar-refractivity contribution in [2.45, 2.75) is 50.5 Å². The van der Waals surface area contributed by atoms with E-state index < -0.39 is 6.17 Å². The molecule has 2 fully saturated rings. The topological polar surface area (TPSA) is 60.9 Å². The maximum Gasteiger partial charge on any atom is 0.153 e. The van der Waals surface area contributed by atoms with Gasteiger partial charge in [-0.05, 0) is 26.3 Å². The van der Waals surface area contributed by atoms with E-state index in [-0.39, 0.29) is 6.04 Å². The summed E-state index contributed by atoms with van der Waals surface area (Å²) in [4.78, 5) is 13.3. The predicted molar refractivity (Wildman–Crippen MR) is 90.5 cm³/mol. The van der Waals surface area contributed by atoms with Crippen LogP contribution in [0, 0.1) is 0 Å². The van der Waals surface area contributed by atoms with Crippen molar-refractivity contribution in [3.05, 3.63) is 28.2 Å². The summed E-state index contributed by atoms with van der Waals surface area (Å²) in [7, 11) is 2.06. The first-order chi connectivity index (χ1) is 11.7. The molecule has 0 amide bonds. The van der Waals surface area contributed by atoms with E-state index in [9.17, 15) is 4.39 Å². The highest BCUT2D eigenvalue weighted by atomic mass is 32.1. The smallest absolute Gasteiger partial charge is 0.153 e. The number of rotatable bonds is 7. The summed E-state index contributed by atoms with van der Waals surface area (Å²) in [5, 5.41) is 10.4. The van der Waals surface area contributed by atoms with Gasteiger partial charge >= 0.3 is 0 Å². The van der Waals surface area contributed by atoms with Crippen LogP contribution in [0.25, 0.3) is 0 Å². The van der Waals surface area contributed by atoms with Crippen molar-refractivity contribution in [1.29, 1.82) is 0 Å². The molecule has 0 spiro atoms. The van der Waals surface area contributed by atoms with Gasteiger partial charge in [-0.3, -0.25) is 14.9 Å².